The van der Waals surface area contributed by atoms with Gasteiger partial charge in [0, 0.05) is 30.9 Å². The average Bonchev–Trinajstić information content (AvgIpc) is 3.12. The van der Waals surface area contributed by atoms with Crippen LogP contribution >= 0.6 is 0 Å². The lowest BCUT2D eigenvalue weighted by Gasteiger charge is -2.32. The van der Waals surface area contributed by atoms with Crippen LogP contribution in [0.5, 0.6) is 0 Å². The van der Waals surface area contributed by atoms with Gasteiger partial charge in [-0.1, -0.05) is 30.3 Å². The number of aromatic nitrogens is 4. The number of hydrogen-bond donors (Lipinski definition) is 0. The highest BCUT2D eigenvalue weighted by Gasteiger charge is 2.29. The molecular weight excluding hydrogens is 326 g/mol. The maximum Gasteiger partial charge on any atom is 0.223 e. The fraction of sp³-hybridized carbons (Fsp3) is 0.300. The Morgan fingerprint density at radius 1 is 1.12 bits per heavy atom. The van der Waals surface area contributed by atoms with Crippen molar-refractivity contribution < 1.29 is 4.79 Å². The van der Waals surface area contributed by atoms with E-state index in [9.17, 15) is 4.79 Å². The van der Waals surface area contributed by atoms with Crippen LogP contribution in [0.25, 0.3) is 11.4 Å². The number of carbonyl (C=O) groups excluding carboxylic acids is 1. The Labute approximate surface area is 152 Å². The molecule has 0 aliphatic carbocycles. The molecule has 0 saturated heterocycles. The van der Waals surface area contributed by atoms with Crippen LogP contribution in [-0.4, -0.2) is 37.1 Å². The van der Waals surface area contributed by atoms with E-state index in [4.69, 9.17) is 0 Å². The summed E-state index contributed by atoms with van der Waals surface area (Å²) in [5.41, 5.74) is 2.18. The molecule has 0 unspecified atom stereocenters. The normalized spacial score (nSPS) is 16.3. The van der Waals surface area contributed by atoms with E-state index in [1.165, 1.54) is 0 Å². The van der Waals surface area contributed by atoms with E-state index in [1.54, 1.807) is 12.4 Å². The molecule has 2 aromatic heterocycles. The van der Waals surface area contributed by atoms with Crippen molar-refractivity contribution in [3.8, 4) is 11.4 Å². The maximum atomic E-state index is 12.7. The van der Waals surface area contributed by atoms with Crippen molar-refractivity contribution in [3.63, 3.8) is 0 Å². The minimum absolute atomic E-state index is 0.147. The summed E-state index contributed by atoms with van der Waals surface area (Å²) < 4.78 is 2.15. The van der Waals surface area contributed by atoms with Crippen molar-refractivity contribution in [2.24, 2.45) is 0 Å². The Bertz CT molecular complexity index is 891. The van der Waals surface area contributed by atoms with Crippen LogP contribution in [0.2, 0.25) is 0 Å². The highest BCUT2D eigenvalue weighted by Crippen LogP contribution is 2.27. The molecule has 26 heavy (non-hydrogen) atoms. The smallest absolute Gasteiger partial charge is 0.223 e. The van der Waals surface area contributed by atoms with E-state index >= 15 is 0 Å². The van der Waals surface area contributed by atoms with Gasteiger partial charge in [0.2, 0.25) is 5.91 Å². The van der Waals surface area contributed by atoms with E-state index < -0.39 is 0 Å². The molecule has 4 rings (SSSR count). The van der Waals surface area contributed by atoms with E-state index in [0.29, 0.717) is 19.5 Å². The number of benzene rings is 1. The van der Waals surface area contributed by atoms with Gasteiger partial charge in [0.25, 0.3) is 0 Å². The molecule has 1 atom stereocenters. The van der Waals surface area contributed by atoms with Gasteiger partial charge in [-0.25, -0.2) is 0 Å². The van der Waals surface area contributed by atoms with Crippen molar-refractivity contribution >= 4 is 5.91 Å². The zero-order valence-electron chi connectivity index (χ0n) is 14.7. The zero-order chi connectivity index (χ0) is 17.9. The third kappa shape index (κ3) is 3.22. The first-order valence-corrected chi connectivity index (χ1v) is 8.88. The standard InChI is InChI=1S/C20H21N5O/c1-15-13-24(19(26)8-7-16-9-11-21-12-10-16)14-18-22-23-20(25(15)18)17-5-3-2-4-6-17/h2-6,9-12,15H,7-8,13-14H2,1H3/t15-/m0/s1. The first-order chi connectivity index (χ1) is 12.7. The largest absolute Gasteiger partial charge is 0.333 e. The van der Waals surface area contributed by atoms with Gasteiger partial charge >= 0.3 is 0 Å². The third-order valence-electron chi connectivity index (χ3n) is 4.79. The summed E-state index contributed by atoms with van der Waals surface area (Å²) >= 11 is 0. The van der Waals surface area contributed by atoms with Gasteiger partial charge in [0.05, 0.1) is 12.6 Å². The van der Waals surface area contributed by atoms with Crippen LogP contribution in [0.3, 0.4) is 0 Å². The number of hydrogen-bond acceptors (Lipinski definition) is 4. The Morgan fingerprint density at radius 3 is 2.65 bits per heavy atom. The van der Waals surface area contributed by atoms with Gasteiger partial charge in [0.1, 0.15) is 0 Å². The fourth-order valence-corrected chi connectivity index (χ4v) is 3.46. The zero-order valence-corrected chi connectivity index (χ0v) is 14.7. The molecule has 0 N–H and O–H groups in total. The number of fused-ring (bicyclic) bond motifs is 1. The summed E-state index contributed by atoms with van der Waals surface area (Å²) in [6.45, 7) is 3.31. The Morgan fingerprint density at radius 2 is 1.88 bits per heavy atom. The highest BCUT2D eigenvalue weighted by molar-refractivity contribution is 5.76. The minimum Gasteiger partial charge on any atom is -0.333 e. The van der Waals surface area contributed by atoms with Gasteiger partial charge in [-0.15, -0.1) is 10.2 Å². The molecule has 1 aromatic carbocycles. The molecule has 0 bridgehead atoms. The molecule has 0 spiro atoms. The Balaban J connectivity index is 1.48. The van der Waals surface area contributed by atoms with Crippen LogP contribution < -0.4 is 0 Å². The number of aryl methyl sites for hydroxylation is 1. The first-order valence-electron chi connectivity index (χ1n) is 8.88. The minimum atomic E-state index is 0.147. The summed E-state index contributed by atoms with van der Waals surface area (Å²) in [6, 6.07) is 14.1. The summed E-state index contributed by atoms with van der Waals surface area (Å²) in [4.78, 5) is 18.6. The van der Waals surface area contributed by atoms with Gasteiger partial charge in [-0.3, -0.25) is 9.78 Å². The van der Waals surface area contributed by atoms with Gasteiger partial charge in [-0.2, -0.15) is 0 Å². The number of rotatable bonds is 4. The molecule has 0 fully saturated rings. The topological polar surface area (TPSA) is 63.9 Å². The molecule has 132 valence electrons. The number of pyridine rings is 1. The molecule has 1 amide bonds. The summed E-state index contributed by atoms with van der Waals surface area (Å²) in [7, 11) is 0. The lowest BCUT2D eigenvalue weighted by molar-refractivity contribution is -0.133. The predicted octanol–water partition coefficient (Wildman–Crippen LogP) is 2.88. The van der Waals surface area contributed by atoms with E-state index in [-0.39, 0.29) is 11.9 Å². The highest BCUT2D eigenvalue weighted by atomic mass is 16.2. The second-order valence-corrected chi connectivity index (χ2v) is 6.65. The molecule has 6 heteroatoms. The summed E-state index contributed by atoms with van der Waals surface area (Å²) in [5, 5.41) is 8.72. The summed E-state index contributed by atoms with van der Waals surface area (Å²) in [5.74, 6) is 1.88. The monoisotopic (exact) mass is 347 g/mol. The second-order valence-electron chi connectivity index (χ2n) is 6.65. The SMILES string of the molecule is C[C@H]1CN(C(=O)CCc2ccncc2)Cc2nnc(-c3ccccc3)n21. The molecule has 3 aromatic rings. The third-order valence-corrected chi connectivity index (χ3v) is 4.79. The Hall–Kier alpha value is -3.02. The molecule has 6 nitrogen and oxygen atoms in total. The fourth-order valence-electron chi connectivity index (χ4n) is 3.46. The van der Waals surface area contributed by atoms with Crippen LogP contribution in [0.15, 0.2) is 54.9 Å². The van der Waals surface area contributed by atoms with Crippen LogP contribution in [-0.2, 0) is 17.8 Å². The molecule has 1 aliphatic rings. The van der Waals surface area contributed by atoms with Crippen molar-refractivity contribution in [1.82, 2.24) is 24.6 Å². The lowest BCUT2D eigenvalue weighted by atomic mass is 10.1. The quantitative estimate of drug-likeness (QED) is 0.728. The molecule has 3 heterocycles. The number of nitrogens with zero attached hydrogens (tertiary/aromatic N) is 5. The second kappa shape index (κ2) is 7.07. The van der Waals surface area contributed by atoms with Gasteiger partial charge in [0.15, 0.2) is 11.6 Å². The molecular formula is C20H21N5O. The van der Waals surface area contributed by atoms with E-state index in [2.05, 4.69) is 26.7 Å². The van der Waals surface area contributed by atoms with Gasteiger partial charge < -0.3 is 9.47 Å². The van der Waals surface area contributed by atoms with Crippen molar-refractivity contribution in [2.75, 3.05) is 6.54 Å². The van der Waals surface area contributed by atoms with Crippen LogP contribution in [0.1, 0.15) is 30.8 Å². The van der Waals surface area contributed by atoms with E-state index in [0.717, 1.165) is 29.2 Å². The van der Waals surface area contributed by atoms with Crippen molar-refractivity contribution in [3.05, 3.63) is 66.2 Å². The Kier molecular flexibility index (Phi) is 4.48. The molecule has 1 aliphatic heterocycles. The lowest BCUT2D eigenvalue weighted by Crippen LogP contribution is -2.40. The van der Waals surface area contributed by atoms with Crippen molar-refractivity contribution in [1.29, 1.82) is 0 Å². The molecule has 0 saturated carbocycles. The predicted molar refractivity (Wildman–Crippen MR) is 98.1 cm³/mol. The molecule has 0 radical (unpaired) electrons. The van der Waals surface area contributed by atoms with Crippen LogP contribution in [0, 0.1) is 0 Å². The first kappa shape index (κ1) is 16.4. The van der Waals surface area contributed by atoms with Crippen molar-refractivity contribution in [2.45, 2.75) is 32.4 Å². The van der Waals surface area contributed by atoms with E-state index in [1.807, 2.05) is 47.4 Å². The van der Waals surface area contributed by atoms with Crippen LogP contribution in [0.4, 0.5) is 0 Å². The maximum absolute atomic E-state index is 12.7. The number of amides is 1. The average molecular weight is 347 g/mol. The van der Waals surface area contributed by atoms with Gasteiger partial charge in [-0.05, 0) is 31.0 Å². The number of carbonyl (C=O) groups is 1. The summed E-state index contributed by atoms with van der Waals surface area (Å²) in [6.07, 6.45) is 4.75.